The fourth-order valence-corrected chi connectivity index (χ4v) is 2.00. The SMILES string of the molecule is CN/C=C/C(C)=C1/C=C(N)C=C/C1=N/CCCC(C)C. The number of rotatable bonds is 6. The molecule has 0 saturated carbocycles. The molecule has 0 heterocycles. The molecule has 0 fully saturated rings. The highest BCUT2D eigenvalue weighted by atomic mass is 14.8. The largest absolute Gasteiger partial charge is 0.399 e. The van der Waals surface area contributed by atoms with Gasteiger partial charge in [0.1, 0.15) is 0 Å². The molecule has 20 heavy (non-hydrogen) atoms. The van der Waals surface area contributed by atoms with E-state index in [9.17, 15) is 0 Å². The van der Waals surface area contributed by atoms with Gasteiger partial charge in [-0.05, 0) is 61.8 Å². The molecule has 0 bridgehead atoms. The zero-order chi connectivity index (χ0) is 15.0. The molecule has 3 nitrogen and oxygen atoms in total. The van der Waals surface area contributed by atoms with Crippen LogP contribution in [-0.4, -0.2) is 19.3 Å². The molecule has 0 atom stereocenters. The van der Waals surface area contributed by atoms with Crippen LogP contribution in [0.15, 0.2) is 52.3 Å². The van der Waals surface area contributed by atoms with Gasteiger partial charge in [0.15, 0.2) is 0 Å². The van der Waals surface area contributed by atoms with Crippen molar-refractivity contribution in [3.8, 4) is 0 Å². The van der Waals surface area contributed by atoms with Crippen molar-refractivity contribution >= 4 is 5.71 Å². The van der Waals surface area contributed by atoms with E-state index in [-0.39, 0.29) is 0 Å². The van der Waals surface area contributed by atoms with Gasteiger partial charge in [0.25, 0.3) is 0 Å². The second kappa shape index (κ2) is 8.41. The van der Waals surface area contributed by atoms with Crippen molar-refractivity contribution in [3.05, 3.63) is 47.3 Å². The van der Waals surface area contributed by atoms with E-state index in [4.69, 9.17) is 10.7 Å². The molecule has 0 radical (unpaired) electrons. The van der Waals surface area contributed by atoms with Crippen molar-refractivity contribution in [1.82, 2.24) is 5.32 Å². The Balaban J connectivity index is 2.84. The first kappa shape index (κ1) is 16.3. The van der Waals surface area contributed by atoms with Gasteiger partial charge in [-0.2, -0.15) is 0 Å². The van der Waals surface area contributed by atoms with Gasteiger partial charge in [-0.25, -0.2) is 0 Å². The second-order valence-corrected chi connectivity index (χ2v) is 5.50. The molecule has 0 saturated heterocycles. The topological polar surface area (TPSA) is 50.4 Å². The molecule has 3 N–H and O–H groups in total. The number of hydrogen-bond acceptors (Lipinski definition) is 3. The minimum atomic E-state index is 0.739. The molecule has 0 aliphatic heterocycles. The van der Waals surface area contributed by atoms with Crippen LogP contribution in [0, 0.1) is 5.92 Å². The molecule has 1 aliphatic rings. The van der Waals surface area contributed by atoms with Crippen molar-refractivity contribution in [3.63, 3.8) is 0 Å². The molecule has 0 aromatic carbocycles. The van der Waals surface area contributed by atoms with Crippen LogP contribution in [0.1, 0.15) is 33.6 Å². The lowest BCUT2D eigenvalue weighted by atomic mass is 9.98. The molecule has 0 aromatic heterocycles. The fourth-order valence-electron chi connectivity index (χ4n) is 2.00. The van der Waals surface area contributed by atoms with Gasteiger partial charge in [-0.1, -0.05) is 13.8 Å². The van der Waals surface area contributed by atoms with E-state index < -0.39 is 0 Å². The van der Waals surface area contributed by atoms with Crippen LogP contribution in [-0.2, 0) is 0 Å². The minimum Gasteiger partial charge on any atom is -0.399 e. The van der Waals surface area contributed by atoms with Crippen LogP contribution in [0.4, 0.5) is 0 Å². The van der Waals surface area contributed by atoms with Crippen LogP contribution in [0.25, 0.3) is 0 Å². The van der Waals surface area contributed by atoms with Crippen LogP contribution < -0.4 is 11.1 Å². The number of nitrogens with one attached hydrogen (secondary N) is 1. The molecule has 110 valence electrons. The van der Waals surface area contributed by atoms with Gasteiger partial charge < -0.3 is 11.1 Å². The summed E-state index contributed by atoms with van der Waals surface area (Å²) < 4.78 is 0. The minimum absolute atomic E-state index is 0.739. The summed E-state index contributed by atoms with van der Waals surface area (Å²) in [4.78, 5) is 4.72. The standard InChI is InChI=1S/C17H27N3/c1-13(2)6-5-10-20-17-8-7-15(18)12-16(17)14(3)9-11-19-4/h7-9,11-13,19H,5-6,10,18H2,1-4H3/b11-9+,16-14-,20-17-. The van der Waals surface area contributed by atoms with Crippen LogP contribution in [0.3, 0.4) is 0 Å². The van der Waals surface area contributed by atoms with Gasteiger partial charge in [0, 0.05) is 24.9 Å². The molecule has 0 spiro atoms. The number of aliphatic imine (C=N–C) groups is 1. The Labute approximate surface area is 123 Å². The van der Waals surface area contributed by atoms with Crippen LogP contribution in [0.2, 0.25) is 0 Å². The number of nitrogens with zero attached hydrogens (tertiary/aromatic N) is 1. The Morgan fingerprint density at radius 1 is 1.40 bits per heavy atom. The molecule has 1 rings (SSSR count). The summed E-state index contributed by atoms with van der Waals surface area (Å²) in [6.45, 7) is 7.44. The summed E-state index contributed by atoms with van der Waals surface area (Å²) in [6.07, 6.45) is 12.2. The highest BCUT2D eigenvalue weighted by Crippen LogP contribution is 2.17. The predicted molar refractivity (Wildman–Crippen MR) is 88.7 cm³/mol. The number of allylic oxidation sites excluding steroid dienone is 6. The first-order valence-corrected chi connectivity index (χ1v) is 7.29. The maximum absolute atomic E-state index is 5.89. The van der Waals surface area contributed by atoms with E-state index in [1.54, 1.807) is 0 Å². The van der Waals surface area contributed by atoms with Gasteiger partial charge in [0.2, 0.25) is 0 Å². The molecule has 3 heteroatoms. The smallest absolute Gasteiger partial charge is 0.0650 e. The number of hydrogen-bond donors (Lipinski definition) is 2. The maximum atomic E-state index is 5.89. The number of nitrogens with two attached hydrogens (primary N) is 1. The molecule has 0 amide bonds. The Kier molecular flexibility index (Phi) is 6.85. The van der Waals surface area contributed by atoms with Crippen LogP contribution >= 0.6 is 0 Å². The van der Waals surface area contributed by atoms with Crippen LogP contribution in [0.5, 0.6) is 0 Å². The van der Waals surface area contributed by atoms with E-state index in [1.807, 2.05) is 37.6 Å². The monoisotopic (exact) mass is 273 g/mol. The molecule has 0 aromatic rings. The van der Waals surface area contributed by atoms with E-state index in [0.717, 1.165) is 41.4 Å². The Bertz CT molecular complexity index is 463. The maximum Gasteiger partial charge on any atom is 0.0650 e. The van der Waals surface area contributed by atoms with Gasteiger partial charge in [-0.15, -0.1) is 0 Å². The van der Waals surface area contributed by atoms with Crippen molar-refractivity contribution in [2.75, 3.05) is 13.6 Å². The summed E-state index contributed by atoms with van der Waals surface area (Å²) in [5.41, 5.74) is 9.97. The zero-order valence-electron chi connectivity index (χ0n) is 13.1. The first-order chi connectivity index (χ1) is 9.54. The van der Waals surface area contributed by atoms with Crippen molar-refractivity contribution in [1.29, 1.82) is 0 Å². The highest BCUT2D eigenvalue weighted by Gasteiger charge is 2.09. The Hall–Kier alpha value is -1.77. The second-order valence-electron chi connectivity index (χ2n) is 5.50. The van der Waals surface area contributed by atoms with Gasteiger partial charge in [-0.3, -0.25) is 4.99 Å². The molecule has 1 aliphatic carbocycles. The van der Waals surface area contributed by atoms with Crippen molar-refractivity contribution in [2.24, 2.45) is 16.6 Å². The normalized spacial score (nSPS) is 19.9. The average Bonchev–Trinajstić information content (AvgIpc) is 2.41. The van der Waals surface area contributed by atoms with E-state index >= 15 is 0 Å². The molecular formula is C17H27N3. The van der Waals surface area contributed by atoms with Gasteiger partial charge in [0.05, 0.1) is 5.71 Å². The lowest BCUT2D eigenvalue weighted by molar-refractivity contribution is 0.562. The summed E-state index contributed by atoms with van der Waals surface area (Å²) in [7, 11) is 1.89. The third-order valence-corrected chi connectivity index (χ3v) is 3.17. The predicted octanol–water partition coefficient (Wildman–Crippen LogP) is 3.33. The fraction of sp³-hybridized carbons (Fsp3) is 0.471. The van der Waals surface area contributed by atoms with E-state index in [0.29, 0.717) is 0 Å². The average molecular weight is 273 g/mol. The molecule has 0 unspecified atom stereocenters. The van der Waals surface area contributed by atoms with E-state index in [1.165, 1.54) is 6.42 Å². The van der Waals surface area contributed by atoms with Gasteiger partial charge >= 0.3 is 0 Å². The Morgan fingerprint density at radius 2 is 2.15 bits per heavy atom. The van der Waals surface area contributed by atoms with E-state index in [2.05, 4.69) is 26.1 Å². The third-order valence-electron chi connectivity index (χ3n) is 3.17. The summed E-state index contributed by atoms with van der Waals surface area (Å²) in [5, 5.41) is 3.00. The zero-order valence-corrected chi connectivity index (χ0v) is 13.1. The first-order valence-electron chi connectivity index (χ1n) is 7.29. The Morgan fingerprint density at radius 3 is 2.80 bits per heavy atom. The summed E-state index contributed by atoms with van der Waals surface area (Å²) in [5.74, 6) is 0.739. The quantitative estimate of drug-likeness (QED) is 0.729. The van der Waals surface area contributed by atoms with Crippen molar-refractivity contribution < 1.29 is 0 Å². The lowest BCUT2D eigenvalue weighted by Gasteiger charge is -2.12. The summed E-state index contributed by atoms with van der Waals surface area (Å²) >= 11 is 0. The molecular weight excluding hydrogens is 246 g/mol. The third kappa shape index (κ3) is 5.47. The highest BCUT2D eigenvalue weighted by molar-refractivity contribution is 6.12. The van der Waals surface area contributed by atoms with Crippen molar-refractivity contribution in [2.45, 2.75) is 33.6 Å². The lowest BCUT2D eigenvalue weighted by Crippen LogP contribution is -2.09. The summed E-state index contributed by atoms with van der Waals surface area (Å²) in [6, 6.07) is 0.